The monoisotopic (exact) mass is 451 g/mol. The predicted molar refractivity (Wildman–Crippen MR) is 114 cm³/mol. The van der Waals surface area contributed by atoms with Gasteiger partial charge in [0.2, 0.25) is 0 Å². The molecule has 1 heterocycles. The van der Waals surface area contributed by atoms with E-state index in [1.54, 1.807) is 6.92 Å². The standard InChI is InChI=1S/C22H20Cl2FNO4/c1-3-4-5-13(22(29)30)20-11(2)26(18-10-17(25)19(27)9-14(18)20)21(28)12-6-7-15(23)16(24)8-12/h6-10,13,27H,3-5H2,1-2H3,(H,29,30). The van der Waals surface area contributed by atoms with Crippen LogP contribution in [0.4, 0.5) is 4.39 Å². The molecule has 0 fully saturated rings. The zero-order valence-corrected chi connectivity index (χ0v) is 17.9. The molecule has 0 radical (unpaired) electrons. The van der Waals surface area contributed by atoms with E-state index in [9.17, 15) is 24.2 Å². The zero-order chi connectivity index (χ0) is 22.2. The Morgan fingerprint density at radius 1 is 1.17 bits per heavy atom. The van der Waals surface area contributed by atoms with Crippen LogP contribution >= 0.6 is 23.2 Å². The van der Waals surface area contributed by atoms with Crippen molar-refractivity contribution in [1.82, 2.24) is 4.57 Å². The highest BCUT2D eigenvalue weighted by molar-refractivity contribution is 6.42. The number of aromatic hydroxyl groups is 1. The van der Waals surface area contributed by atoms with Crippen LogP contribution in [0.3, 0.4) is 0 Å². The summed E-state index contributed by atoms with van der Waals surface area (Å²) in [4.78, 5) is 25.3. The van der Waals surface area contributed by atoms with E-state index in [-0.39, 0.29) is 21.1 Å². The van der Waals surface area contributed by atoms with Crippen LogP contribution in [0.5, 0.6) is 5.75 Å². The fourth-order valence-electron chi connectivity index (χ4n) is 3.71. The fourth-order valence-corrected chi connectivity index (χ4v) is 4.01. The van der Waals surface area contributed by atoms with E-state index in [1.807, 2.05) is 6.92 Å². The number of carbonyl (C=O) groups is 2. The summed E-state index contributed by atoms with van der Waals surface area (Å²) >= 11 is 12.0. The summed E-state index contributed by atoms with van der Waals surface area (Å²) in [5.74, 6) is -3.97. The molecule has 3 aromatic rings. The van der Waals surface area contributed by atoms with Crippen LogP contribution in [0.25, 0.3) is 10.9 Å². The lowest BCUT2D eigenvalue weighted by Gasteiger charge is -2.14. The summed E-state index contributed by atoms with van der Waals surface area (Å²) in [6.07, 6.45) is 1.81. The summed E-state index contributed by atoms with van der Waals surface area (Å²) in [6.45, 7) is 3.56. The molecular formula is C22H20Cl2FNO4. The van der Waals surface area contributed by atoms with E-state index in [2.05, 4.69) is 0 Å². The van der Waals surface area contributed by atoms with Crippen molar-refractivity contribution in [3.8, 4) is 5.75 Å². The van der Waals surface area contributed by atoms with Crippen LogP contribution in [0.1, 0.15) is 53.7 Å². The molecule has 0 bridgehead atoms. The molecule has 0 aliphatic rings. The van der Waals surface area contributed by atoms with Gasteiger partial charge in [0.1, 0.15) is 0 Å². The van der Waals surface area contributed by atoms with Gasteiger partial charge in [0.25, 0.3) is 5.91 Å². The largest absolute Gasteiger partial charge is 0.505 e. The lowest BCUT2D eigenvalue weighted by molar-refractivity contribution is -0.139. The van der Waals surface area contributed by atoms with Gasteiger partial charge >= 0.3 is 5.97 Å². The molecule has 8 heteroatoms. The van der Waals surface area contributed by atoms with E-state index < -0.39 is 29.4 Å². The van der Waals surface area contributed by atoms with E-state index in [4.69, 9.17) is 23.2 Å². The summed E-state index contributed by atoms with van der Waals surface area (Å²) in [5, 5.41) is 20.5. The number of benzene rings is 2. The van der Waals surface area contributed by atoms with Crippen molar-refractivity contribution >= 4 is 46.0 Å². The van der Waals surface area contributed by atoms with Gasteiger partial charge in [-0.2, -0.15) is 0 Å². The van der Waals surface area contributed by atoms with Crippen LogP contribution in [0.15, 0.2) is 30.3 Å². The number of carboxylic acids is 1. The Balaban J connectivity index is 2.30. The molecule has 0 amide bonds. The molecule has 5 nitrogen and oxygen atoms in total. The summed E-state index contributed by atoms with van der Waals surface area (Å²) < 4.78 is 15.4. The second kappa shape index (κ2) is 8.66. The van der Waals surface area contributed by atoms with Gasteiger partial charge in [-0.15, -0.1) is 0 Å². The van der Waals surface area contributed by atoms with Crippen LogP contribution in [-0.4, -0.2) is 26.7 Å². The Kier molecular flexibility index (Phi) is 6.38. The number of aromatic nitrogens is 1. The number of rotatable bonds is 6. The SMILES string of the molecule is CCCCC(C(=O)O)c1c(C)n(C(=O)c2ccc(Cl)c(Cl)c2)c2cc(F)c(O)cc12. The average molecular weight is 452 g/mol. The third-order valence-corrected chi connectivity index (χ3v) is 5.92. The molecule has 2 aromatic carbocycles. The van der Waals surface area contributed by atoms with Crippen LogP contribution in [-0.2, 0) is 4.79 Å². The number of carbonyl (C=O) groups excluding carboxylic acids is 1. The first-order valence-corrected chi connectivity index (χ1v) is 10.2. The molecule has 158 valence electrons. The summed E-state index contributed by atoms with van der Waals surface area (Å²) in [5.41, 5.74) is 1.14. The van der Waals surface area contributed by atoms with Crippen molar-refractivity contribution in [2.75, 3.05) is 0 Å². The number of aliphatic carboxylic acids is 1. The quantitative estimate of drug-likeness (QED) is 0.470. The Morgan fingerprint density at radius 2 is 1.87 bits per heavy atom. The average Bonchev–Trinajstić information content (AvgIpc) is 2.95. The second-order valence-electron chi connectivity index (χ2n) is 7.12. The first kappa shape index (κ1) is 22.1. The molecule has 30 heavy (non-hydrogen) atoms. The summed E-state index contributed by atoms with van der Waals surface area (Å²) in [6, 6.07) is 6.58. The predicted octanol–water partition coefficient (Wildman–Crippen LogP) is 6.15. The minimum absolute atomic E-state index is 0.177. The summed E-state index contributed by atoms with van der Waals surface area (Å²) in [7, 11) is 0. The van der Waals surface area contributed by atoms with Gasteiger partial charge in [0, 0.05) is 22.7 Å². The Labute approximate surface area is 182 Å². The molecule has 1 atom stereocenters. The lowest BCUT2D eigenvalue weighted by Crippen LogP contribution is -2.16. The van der Waals surface area contributed by atoms with E-state index in [1.165, 1.54) is 28.8 Å². The second-order valence-corrected chi connectivity index (χ2v) is 7.94. The maximum Gasteiger partial charge on any atom is 0.311 e. The van der Waals surface area contributed by atoms with Gasteiger partial charge in [0.05, 0.1) is 21.5 Å². The Morgan fingerprint density at radius 3 is 2.47 bits per heavy atom. The highest BCUT2D eigenvalue weighted by atomic mass is 35.5. The molecular weight excluding hydrogens is 432 g/mol. The van der Waals surface area contributed by atoms with Gasteiger partial charge in [-0.25, -0.2) is 4.39 Å². The topological polar surface area (TPSA) is 79.5 Å². The number of phenolic OH excluding ortho intramolecular Hbond substituents is 1. The van der Waals surface area contributed by atoms with Crippen molar-refractivity contribution in [2.45, 2.75) is 39.0 Å². The maximum atomic E-state index is 14.2. The highest BCUT2D eigenvalue weighted by Crippen LogP contribution is 2.38. The molecule has 1 unspecified atom stereocenters. The Bertz CT molecular complexity index is 1160. The van der Waals surface area contributed by atoms with Crippen molar-refractivity contribution in [3.05, 3.63) is 63.0 Å². The molecule has 0 aliphatic heterocycles. The molecule has 2 N–H and O–H groups in total. The lowest BCUT2D eigenvalue weighted by atomic mass is 9.91. The maximum absolute atomic E-state index is 14.2. The molecule has 0 aliphatic carbocycles. The number of halogens is 3. The molecule has 0 saturated carbocycles. The van der Waals surface area contributed by atoms with Crippen molar-refractivity contribution in [2.24, 2.45) is 0 Å². The first-order chi connectivity index (χ1) is 14.2. The van der Waals surface area contributed by atoms with Crippen molar-refractivity contribution in [1.29, 1.82) is 0 Å². The van der Waals surface area contributed by atoms with Gasteiger partial charge in [-0.3, -0.25) is 14.2 Å². The van der Waals surface area contributed by atoms with Gasteiger partial charge < -0.3 is 10.2 Å². The van der Waals surface area contributed by atoms with Gasteiger partial charge in [-0.05, 0) is 43.2 Å². The first-order valence-electron chi connectivity index (χ1n) is 9.43. The molecule has 1 aromatic heterocycles. The minimum atomic E-state index is -1.04. The fraction of sp³-hybridized carbons (Fsp3) is 0.273. The highest BCUT2D eigenvalue weighted by Gasteiger charge is 2.30. The van der Waals surface area contributed by atoms with Gasteiger partial charge in [-0.1, -0.05) is 43.0 Å². The number of fused-ring (bicyclic) bond motifs is 1. The zero-order valence-electron chi connectivity index (χ0n) is 16.4. The number of hydrogen-bond acceptors (Lipinski definition) is 3. The number of nitrogens with zero attached hydrogens (tertiary/aromatic N) is 1. The van der Waals surface area contributed by atoms with E-state index in [0.717, 1.165) is 12.5 Å². The third kappa shape index (κ3) is 3.89. The van der Waals surface area contributed by atoms with Crippen LogP contribution < -0.4 is 0 Å². The van der Waals surface area contributed by atoms with Crippen LogP contribution in [0.2, 0.25) is 10.0 Å². The number of hydrogen-bond donors (Lipinski definition) is 2. The number of unbranched alkanes of at least 4 members (excludes halogenated alkanes) is 1. The number of phenols is 1. The minimum Gasteiger partial charge on any atom is -0.505 e. The Hall–Kier alpha value is -2.57. The van der Waals surface area contributed by atoms with Gasteiger partial charge in [0.15, 0.2) is 11.6 Å². The van der Waals surface area contributed by atoms with Crippen molar-refractivity contribution < 1.29 is 24.2 Å². The van der Waals surface area contributed by atoms with Crippen molar-refractivity contribution in [3.63, 3.8) is 0 Å². The van der Waals surface area contributed by atoms with Crippen LogP contribution in [0, 0.1) is 12.7 Å². The van der Waals surface area contributed by atoms with E-state index in [0.29, 0.717) is 29.5 Å². The smallest absolute Gasteiger partial charge is 0.311 e. The normalized spacial score (nSPS) is 12.3. The number of carboxylic acid groups (broad SMARTS) is 1. The molecule has 0 spiro atoms. The molecule has 3 rings (SSSR count). The third-order valence-electron chi connectivity index (χ3n) is 5.18. The van der Waals surface area contributed by atoms with E-state index >= 15 is 0 Å². The molecule has 0 saturated heterocycles.